The van der Waals surface area contributed by atoms with E-state index in [1.165, 1.54) is 32.1 Å². The van der Waals surface area contributed by atoms with E-state index in [0.29, 0.717) is 17.7 Å². The molecule has 0 saturated carbocycles. The lowest BCUT2D eigenvalue weighted by atomic mass is 10.1. The van der Waals surface area contributed by atoms with Crippen molar-refractivity contribution in [1.82, 2.24) is 0 Å². The van der Waals surface area contributed by atoms with E-state index in [0.717, 1.165) is 12.2 Å². The van der Waals surface area contributed by atoms with Crippen molar-refractivity contribution in [3.63, 3.8) is 0 Å². The van der Waals surface area contributed by atoms with Crippen molar-refractivity contribution < 1.29 is 9.66 Å². The quantitative estimate of drug-likeness (QED) is 0.365. The van der Waals surface area contributed by atoms with Gasteiger partial charge in [0.15, 0.2) is 0 Å². The number of ether oxygens (including phenoxy) is 1. The van der Waals surface area contributed by atoms with E-state index in [2.05, 4.69) is 6.92 Å². The van der Waals surface area contributed by atoms with Crippen LogP contribution in [0.25, 0.3) is 0 Å². The summed E-state index contributed by atoms with van der Waals surface area (Å²) in [4.78, 5) is 10.6. The Morgan fingerprint density at radius 3 is 2.15 bits per heavy atom. The van der Waals surface area contributed by atoms with Crippen LogP contribution >= 0.6 is 0 Å². The van der Waals surface area contributed by atoms with E-state index in [1.54, 1.807) is 26.0 Å². The maximum atomic E-state index is 10.9. The summed E-state index contributed by atoms with van der Waals surface area (Å²) in [6.07, 6.45) is 7.35. The molecule has 0 aliphatic heterocycles. The van der Waals surface area contributed by atoms with Gasteiger partial charge in [0.25, 0.3) is 5.69 Å². The molecule has 0 spiro atoms. The van der Waals surface area contributed by atoms with Gasteiger partial charge in [-0.25, -0.2) is 0 Å². The van der Waals surface area contributed by atoms with Crippen molar-refractivity contribution in [3.05, 3.63) is 33.4 Å². The van der Waals surface area contributed by atoms with Crippen LogP contribution in [0, 0.1) is 24.0 Å². The van der Waals surface area contributed by atoms with Crippen molar-refractivity contribution >= 4 is 5.69 Å². The van der Waals surface area contributed by atoms with Crippen molar-refractivity contribution in [2.24, 2.45) is 0 Å². The molecule has 0 aliphatic rings. The number of nitro benzene ring substituents is 1. The highest BCUT2D eigenvalue weighted by Gasteiger charge is 2.15. The van der Waals surface area contributed by atoms with Crippen LogP contribution in [0.4, 0.5) is 5.69 Å². The first kappa shape index (κ1) is 16.5. The van der Waals surface area contributed by atoms with E-state index in [4.69, 9.17) is 4.74 Å². The fourth-order valence-electron chi connectivity index (χ4n) is 2.36. The number of aryl methyl sites for hydroxylation is 2. The number of hydrogen-bond acceptors (Lipinski definition) is 3. The highest BCUT2D eigenvalue weighted by atomic mass is 16.6. The van der Waals surface area contributed by atoms with Crippen LogP contribution in [-0.2, 0) is 0 Å². The summed E-state index contributed by atoms with van der Waals surface area (Å²) in [6, 6.07) is 3.50. The Labute approximate surface area is 121 Å². The van der Waals surface area contributed by atoms with Gasteiger partial charge in [-0.05, 0) is 32.4 Å². The number of hydrogen-bond donors (Lipinski definition) is 0. The Balaban J connectivity index is 2.40. The van der Waals surface area contributed by atoms with E-state index in [-0.39, 0.29) is 10.6 Å². The number of rotatable bonds is 9. The van der Waals surface area contributed by atoms with Crippen molar-refractivity contribution in [2.75, 3.05) is 6.61 Å². The van der Waals surface area contributed by atoms with Crippen LogP contribution in [0.5, 0.6) is 5.75 Å². The standard InChI is InChI=1S/C16H25NO3/c1-4-5-6-7-8-9-10-20-15-11-13(2)16(17(18)19)14(3)12-15/h11-12H,4-10H2,1-3H3. The molecule has 0 bridgehead atoms. The summed E-state index contributed by atoms with van der Waals surface area (Å²) in [5.41, 5.74) is 1.51. The molecule has 0 amide bonds. The van der Waals surface area contributed by atoms with Gasteiger partial charge in [0.2, 0.25) is 0 Å². The van der Waals surface area contributed by atoms with Gasteiger partial charge in [-0.1, -0.05) is 39.0 Å². The minimum Gasteiger partial charge on any atom is -0.494 e. The zero-order valence-corrected chi connectivity index (χ0v) is 12.8. The lowest BCUT2D eigenvalue weighted by Gasteiger charge is -2.09. The van der Waals surface area contributed by atoms with Crippen molar-refractivity contribution in [1.29, 1.82) is 0 Å². The van der Waals surface area contributed by atoms with Crippen LogP contribution in [0.2, 0.25) is 0 Å². The van der Waals surface area contributed by atoms with Crippen LogP contribution in [-0.4, -0.2) is 11.5 Å². The first-order chi connectivity index (χ1) is 9.56. The van der Waals surface area contributed by atoms with Gasteiger partial charge >= 0.3 is 0 Å². The molecule has 1 aromatic rings. The molecule has 0 unspecified atom stereocenters. The fraction of sp³-hybridized carbons (Fsp3) is 0.625. The smallest absolute Gasteiger partial charge is 0.275 e. The summed E-state index contributed by atoms with van der Waals surface area (Å²) in [5.74, 6) is 0.735. The highest BCUT2D eigenvalue weighted by Crippen LogP contribution is 2.28. The Bertz CT molecular complexity index is 420. The third-order valence-electron chi connectivity index (χ3n) is 3.41. The van der Waals surface area contributed by atoms with Crippen LogP contribution in [0.1, 0.15) is 56.6 Å². The maximum Gasteiger partial charge on any atom is 0.275 e. The number of benzene rings is 1. The molecule has 0 aliphatic carbocycles. The van der Waals surface area contributed by atoms with Gasteiger partial charge in [0.05, 0.1) is 11.5 Å². The van der Waals surface area contributed by atoms with Gasteiger partial charge in [0.1, 0.15) is 5.75 Å². The Hall–Kier alpha value is -1.58. The maximum absolute atomic E-state index is 10.9. The van der Waals surface area contributed by atoms with Crippen LogP contribution in [0.3, 0.4) is 0 Å². The molecule has 0 aromatic heterocycles. The molecule has 4 heteroatoms. The molecule has 1 aromatic carbocycles. The number of unbranched alkanes of at least 4 members (excludes halogenated alkanes) is 5. The monoisotopic (exact) mass is 279 g/mol. The molecule has 0 N–H and O–H groups in total. The summed E-state index contributed by atoms with van der Waals surface area (Å²) < 4.78 is 5.69. The summed E-state index contributed by atoms with van der Waals surface area (Å²) in [6.45, 7) is 6.40. The molecular formula is C16H25NO3. The molecular weight excluding hydrogens is 254 g/mol. The van der Waals surface area contributed by atoms with E-state index in [9.17, 15) is 10.1 Å². The van der Waals surface area contributed by atoms with E-state index in [1.807, 2.05) is 0 Å². The lowest BCUT2D eigenvalue weighted by Crippen LogP contribution is -2.00. The van der Waals surface area contributed by atoms with E-state index < -0.39 is 0 Å². The van der Waals surface area contributed by atoms with Gasteiger partial charge in [0, 0.05) is 11.1 Å². The normalized spacial score (nSPS) is 10.6. The summed E-state index contributed by atoms with van der Waals surface area (Å²) in [7, 11) is 0. The zero-order chi connectivity index (χ0) is 15.0. The SMILES string of the molecule is CCCCCCCCOc1cc(C)c([N+](=O)[O-])c(C)c1. The lowest BCUT2D eigenvalue weighted by molar-refractivity contribution is -0.386. The second-order valence-corrected chi connectivity index (χ2v) is 5.28. The molecule has 0 radical (unpaired) electrons. The molecule has 0 heterocycles. The first-order valence-corrected chi connectivity index (χ1v) is 7.44. The number of nitro groups is 1. The van der Waals surface area contributed by atoms with Crippen LogP contribution < -0.4 is 4.74 Å². The minimum atomic E-state index is -0.331. The average molecular weight is 279 g/mol. The zero-order valence-electron chi connectivity index (χ0n) is 12.8. The predicted molar refractivity (Wildman–Crippen MR) is 81.4 cm³/mol. The topological polar surface area (TPSA) is 52.4 Å². The van der Waals surface area contributed by atoms with Crippen molar-refractivity contribution in [3.8, 4) is 5.75 Å². The molecule has 112 valence electrons. The largest absolute Gasteiger partial charge is 0.494 e. The Kier molecular flexibility index (Phi) is 7.05. The fourth-order valence-corrected chi connectivity index (χ4v) is 2.36. The Morgan fingerprint density at radius 1 is 1.05 bits per heavy atom. The van der Waals surface area contributed by atoms with Crippen LogP contribution in [0.15, 0.2) is 12.1 Å². The minimum absolute atomic E-state index is 0.192. The molecule has 0 atom stereocenters. The third-order valence-corrected chi connectivity index (χ3v) is 3.41. The number of nitrogens with zero attached hydrogens (tertiary/aromatic N) is 1. The summed E-state index contributed by atoms with van der Waals surface area (Å²) in [5, 5.41) is 10.9. The average Bonchev–Trinajstić information content (AvgIpc) is 2.36. The van der Waals surface area contributed by atoms with Gasteiger partial charge in [-0.15, -0.1) is 0 Å². The first-order valence-electron chi connectivity index (χ1n) is 7.44. The highest BCUT2D eigenvalue weighted by molar-refractivity contribution is 5.50. The van der Waals surface area contributed by atoms with E-state index >= 15 is 0 Å². The predicted octanol–water partition coefficient (Wildman–Crippen LogP) is 4.95. The second kappa shape index (κ2) is 8.56. The second-order valence-electron chi connectivity index (χ2n) is 5.28. The Morgan fingerprint density at radius 2 is 1.60 bits per heavy atom. The third kappa shape index (κ3) is 5.19. The van der Waals surface area contributed by atoms with Crippen molar-refractivity contribution in [2.45, 2.75) is 59.3 Å². The van der Waals surface area contributed by atoms with Gasteiger partial charge < -0.3 is 4.74 Å². The summed E-state index contributed by atoms with van der Waals surface area (Å²) >= 11 is 0. The molecule has 0 fully saturated rings. The van der Waals surface area contributed by atoms with Gasteiger partial charge in [-0.2, -0.15) is 0 Å². The van der Waals surface area contributed by atoms with Gasteiger partial charge in [-0.3, -0.25) is 10.1 Å². The molecule has 0 saturated heterocycles. The molecule has 20 heavy (non-hydrogen) atoms. The molecule has 4 nitrogen and oxygen atoms in total. The molecule has 1 rings (SSSR count).